The summed E-state index contributed by atoms with van der Waals surface area (Å²) in [5.74, 6) is 0.108. The van der Waals surface area contributed by atoms with Crippen LogP contribution >= 0.6 is 0 Å². The van der Waals surface area contributed by atoms with Crippen LogP contribution in [0.3, 0.4) is 0 Å². The molecule has 0 aromatic rings. The summed E-state index contributed by atoms with van der Waals surface area (Å²) in [6.45, 7) is 4.15. The van der Waals surface area contributed by atoms with Gasteiger partial charge in [0, 0.05) is 0 Å². The van der Waals surface area contributed by atoms with E-state index in [1.165, 1.54) is 0 Å². The van der Waals surface area contributed by atoms with E-state index in [1.807, 2.05) is 0 Å². The van der Waals surface area contributed by atoms with Gasteiger partial charge in [-0.2, -0.15) is 0 Å². The Kier molecular flexibility index (Phi) is 5.84. The maximum atomic E-state index is 10.4. The summed E-state index contributed by atoms with van der Waals surface area (Å²) < 4.78 is 4.65. The third kappa shape index (κ3) is 7.33. The highest BCUT2D eigenvalue weighted by Gasteiger charge is 1.99. The van der Waals surface area contributed by atoms with E-state index in [2.05, 4.69) is 18.6 Å². The van der Waals surface area contributed by atoms with Crippen LogP contribution in [0.15, 0.2) is 0 Å². The summed E-state index contributed by atoms with van der Waals surface area (Å²) in [5, 5.41) is 8.27. The molecule has 0 aliphatic rings. The molecule has 0 spiro atoms. The van der Waals surface area contributed by atoms with E-state index in [9.17, 15) is 4.79 Å². The van der Waals surface area contributed by atoms with Gasteiger partial charge in [-0.1, -0.05) is 13.8 Å². The number of hydrogen-bond donors (Lipinski definition) is 1. The zero-order valence-electron chi connectivity index (χ0n) is 7.17. The third-order valence-electron chi connectivity index (χ3n) is 1.32. The van der Waals surface area contributed by atoms with Crippen molar-refractivity contribution < 1.29 is 14.6 Å². The minimum atomic E-state index is -0.534. The fourth-order valence-electron chi connectivity index (χ4n) is 0.723. The van der Waals surface area contributed by atoms with E-state index in [1.54, 1.807) is 0 Å². The molecule has 0 aliphatic carbocycles. The Morgan fingerprint density at radius 2 is 2.18 bits per heavy atom. The van der Waals surface area contributed by atoms with Crippen LogP contribution < -0.4 is 0 Å². The van der Waals surface area contributed by atoms with E-state index < -0.39 is 12.6 Å². The fraction of sp³-hybridized carbons (Fsp3) is 0.875. The van der Waals surface area contributed by atoms with Crippen molar-refractivity contribution in [3.05, 3.63) is 0 Å². The molecule has 0 saturated heterocycles. The van der Waals surface area contributed by atoms with Gasteiger partial charge in [-0.05, 0) is 18.8 Å². The highest BCUT2D eigenvalue weighted by molar-refractivity contribution is 5.70. The second-order valence-corrected chi connectivity index (χ2v) is 2.91. The van der Waals surface area contributed by atoms with E-state index >= 15 is 0 Å². The molecule has 1 N–H and O–H groups in total. The second-order valence-electron chi connectivity index (χ2n) is 2.91. The summed E-state index contributed by atoms with van der Waals surface area (Å²) in [4.78, 5) is 10.4. The van der Waals surface area contributed by atoms with Crippen LogP contribution in [0.25, 0.3) is 0 Å². The molecule has 0 aliphatic heterocycles. The van der Waals surface area contributed by atoms with Gasteiger partial charge in [0.05, 0.1) is 6.61 Å². The molecule has 0 rings (SSSR count). The lowest BCUT2D eigenvalue weighted by Crippen LogP contribution is -2.10. The molecule has 66 valence electrons. The van der Waals surface area contributed by atoms with Crippen molar-refractivity contribution in [3.8, 4) is 0 Å². The van der Waals surface area contributed by atoms with E-state index in [4.69, 9.17) is 5.11 Å². The SMILES string of the molecule is CC(C)CCCOC(=O)CO. The van der Waals surface area contributed by atoms with Gasteiger partial charge < -0.3 is 9.84 Å². The first-order valence-electron chi connectivity index (χ1n) is 3.93. The third-order valence-corrected chi connectivity index (χ3v) is 1.32. The summed E-state index contributed by atoms with van der Waals surface area (Å²) in [5.41, 5.74) is 0. The van der Waals surface area contributed by atoms with Gasteiger partial charge in [-0.25, -0.2) is 4.79 Å². The highest BCUT2D eigenvalue weighted by atomic mass is 16.5. The molecule has 3 nitrogen and oxygen atoms in total. The number of rotatable bonds is 5. The molecule has 11 heavy (non-hydrogen) atoms. The van der Waals surface area contributed by atoms with Gasteiger partial charge in [0.1, 0.15) is 6.61 Å². The van der Waals surface area contributed by atoms with Crippen LogP contribution in [0.4, 0.5) is 0 Å². The molecule has 0 fully saturated rings. The van der Waals surface area contributed by atoms with Crippen molar-refractivity contribution in [2.75, 3.05) is 13.2 Å². The van der Waals surface area contributed by atoms with Gasteiger partial charge in [0.15, 0.2) is 0 Å². The molecular formula is C8H16O3. The minimum absolute atomic E-state index is 0.428. The lowest BCUT2D eigenvalue weighted by molar-refractivity contribution is -0.147. The minimum Gasteiger partial charge on any atom is -0.464 e. The molecule has 0 radical (unpaired) electrons. The zero-order chi connectivity index (χ0) is 8.69. The van der Waals surface area contributed by atoms with Crippen LogP contribution in [-0.2, 0) is 9.53 Å². The lowest BCUT2D eigenvalue weighted by atomic mass is 10.1. The number of aliphatic hydroxyl groups excluding tert-OH is 1. The molecule has 0 saturated carbocycles. The number of esters is 1. The number of aliphatic hydroxyl groups is 1. The fourth-order valence-corrected chi connectivity index (χ4v) is 0.723. The Morgan fingerprint density at radius 3 is 2.64 bits per heavy atom. The molecular weight excluding hydrogens is 144 g/mol. The van der Waals surface area contributed by atoms with E-state index in [0.29, 0.717) is 12.5 Å². The van der Waals surface area contributed by atoms with Crippen molar-refractivity contribution in [3.63, 3.8) is 0 Å². The zero-order valence-corrected chi connectivity index (χ0v) is 7.17. The largest absolute Gasteiger partial charge is 0.464 e. The maximum absolute atomic E-state index is 10.4. The van der Waals surface area contributed by atoms with Crippen LogP contribution in [0.1, 0.15) is 26.7 Å². The van der Waals surface area contributed by atoms with Crippen LogP contribution in [0.2, 0.25) is 0 Å². The summed E-state index contributed by atoms with van der Waals surface area (Å²) in [6.07, 6.45) is 1.93. The molecule has 0 aromatic carbocycles. The smallest absolute Gasteiger partial charge is 0.331 e. The Hall–Kier alpha value is -0.570. The first kappa shape index (κ1) is 10.4. The van der Waals surface area contributed by atoms with Gasteiger partial charge in [0.2, 0.25) is 0 Å². The topological polar surface area (TPSA) is 46.5 Å². The molecule has 0 heterocycles. The first-order chi connectivity index (χ1) is 5.16. The van der Waals surface area contributed by atoms with Gasteiger partial charge in [0.25, 0.3) is 0 Å². The maximum Gasteiger partial charge on any atom is 0.331 e. The quantitative estimate of drug-likeness (QED) is 0.481. The molecule has 0 unspecified atom stereocenters. The predicted molar refractivity (Wildman–Crippen MR) is 42.1 cm³/mol. The summed E-state index contributed by atoms with van der Waals surface area (Å²) >= 11 is 0. The predicted octanol–water partition coefficient (Wildman–Crippen LogP) is 0.958. The Morgan fingerprint density at radius 1 is 1.55 bits per heavy atom. The monoisotopic (exact) mass is 160 g/mol. The summed E-state index contributed by atoms with van der Waals surface area (Å²) in [6, 6.07) is 0. The van der Waals surface area contributed by atoms with E-state index in [-0.39, 0.29) is 0 Å². The second kappa shape index (κ2) is 6.16. The number of carbonyl (C=O) groups is 1. The van der Waals surface area contributed by atoms with Gasteiger partial charge in [-0.3, -0.25) is 0 Å². The average molecular weight is 160 g/mol. The van der Waals surface area contributed by atoms with Crippen molar-refractivity contribution >= 4 is 5.97 Å². The molecule has 3 heteroatoms. The first-order valence-corrected chi connectivity index (χ1v) is 3.93. The Labute approximate surface area is 67.4 Å². The number of carbonyl (C=O) groups excluding carboxylic acids is 1. The van der Waals surface area contributed by atoms with E-state index in [0.717, 1.165) is 12.8 Å². The highest BCUT2D eigenvalue weighted by Crippen LogP contribution is 2.02. The van der Waals surface area contributed by atoms with Crippen LogP contribution in [-0.4, -0.2) is 24.3 Å². The molecule has 0 amide bonds. The Bertz CT molecular complexity index is 110. The normalized spacial score (nSPS) is 10.2. The van der Waals surface area contributed by atoms with Gasteiger partial charge in [-0.15, -0.1) is 0 Å². The van der Waals surface area contributed by atoms with Crippen LogP contribution in [0, 0.1) is 5.92 Å². The Balaban J connectivity index is 3.08. The average Bonchev–Trinajstić information content (AvgIpc) is 1.97. The van der Waals surface area contributed by atoms with Crippen molar-refractivity contribution in [2.24, 2.45) is 5.92 Å². The van der Waals surface area contributed by atoms with Crippen molar-refractivity contribution in [1.29, 1.82) is 0 Å². The molecule has 0 bridgehead atoms. The van der Waals surface area contributed by atoms with Crippen molar-refractivity contribution in [1.82, 2.24) is 0 Å². The van der Waals surface area contributed by atoms with Gasteiger partial charge >= 0.3 is 5.97 Å². The number of ether oxygens (including phenoxy) is 1. The molecule has 0 atom stereocenters. The molecule has 0 aromatic heterocycles. The van der Waals surface area contributed by atoms with Crippen LogP contribution in [0.5, 0.6) is 0 Å². The van der Waals surface area contributed by atoms with Crippen molar-refractivity contribution in [2.45, 2.75) is 26.7 Å². The summed E-state index contributed by atoms with van der Waals surface area (Å²) in [7, 11) is 0. The number of hydrogen-bond acceptors (Lipinski definition) is 3. The standard InChI is InChI=1S/C8H16O3/c1-7(2)4-3-5-11-8(10)6-9/h7,9H,3-6H2,1-2H3. The lowest BCUT2D eigenvalue weighted by Gasteiger charge is -2.04.